The summed E-state index contributed by atoms with van der Waals surface area (Å²) in [6, 6.07) is 8.77. The maximum absolute atomic E-state index is 13.7. The molecular formula is C16H13F4N. The lowest BCUT2D eigenvalue weighted by Gasteiger charge is -2.20. The number of halogens is 4. The summed E-state index contributed by atoms with van der Waals surface area (Å²) in [4.78, 5) is 0. The maximum atomic E-state index is 13.7. The van der Waals surface area contributed by atoms with Gasteiger partial charge < -0.3 is 5.32 Å². The molecule has 0 spiro atoms. The van der Waals surface area contributed by atoms with Gasteiger partial charge in [0, 0.05) is 6.54 Å². The summed E-state index contributed by atoms with van der Waals surface area (Å²) < 4.78 is 51.6. The minimum absolute atomic E-state index is 0.485. The fraction of sp³-hybridized carbons (Fsp3) is 0.250. The van der Waals surface area contributed by atoms with Gasteiger partial charge in [0.25, 0.3) is 0 Å². The molecule has 2 aromatic rings. The van der Waals surface area contributed by atoms with Crippen LogP contribution in [0.5, 0.6) is 0 Å². The van der Waals surface area contributed by atoms with E-state index in [9.17, 15) is 17.6 Å². The molecule has 5 heteroatoms. The predicted octanol–water partition coefficient (Wildman–Crippen LogP) is 4.16. The van der Waals surface area contributed by atoms with Crippen molar-refractivity contribution in [3.63, 3.8) is 0 Å². The van der Waals surface area contributed by atoms with Crippen LogP contribution in [-0.2, 0) is 19.1 Å². The third-order valence-electron chi connectivity index (χ3n) is 3.73. The Labute approximate surface area is 119 Å². The Bertz CT molecular complexity index is 676. The molecule has 0 atom stereocenters. The van der Waals surface area contributed by atoms with Crippen molar-refractivity contribution in [1.82, 2.24) is 5.32 Å². The van der Waals surface area contributed by atoms with Crippen LogP contribution in [0.15, 0.2) is 36.4 Å². The van der Waals surface area contributed by atoms with Crippen molar-refractivity contribution < 1.29 is 17.6 Å². The highest BCUT2D eigenvalue weighted by Gasteiger charge is 2.34. The highest BCUT2D eigenvalue weighted by Crippen LogP contribution is 2.35. The van der Waals surface area contributed by atoms with E-state index < -0.39 is 17.6 Å². The molecule has 1 nitrogen and oxygen atoms in total. The molecule has 3 rings (SSSR count). The topological polar surface area (TPSA) is 12.0 Å². The van der Waals surface area contributed by atoms with Gasteiger partial charge >= 0.3 is 6.18 Å². The summed E-state index contributed by atoms with van der Waals surface area (Å²) in [6.45, 7) is 1.54. The van der Waals surface area contributed by atoms with E-state index in [1.165, 1.54) is 6.07 Å². The van der Waals surface area contributed by atoms with Crippen LogP contribution in [0, 0.1) is 5.82 Å². The zero-order valence-electron chi connectivity index (χ0n) is 11.1. The first-order valence-corrected chi connectivity index (χ1v) is 6.65. The SMILES string of the molecule is Fc1cc(-c2cccc3c2CCNC3)ccc1C(F)(F)F. The maximum Gasteiger partial charge on any atom is 0.419 e. The van der Waals surface area contributed by atoms with Gasteiger partial charge in [-0.3, -0.25) is 0 Å². The van der Waals surface area contributed by atoms with E-state index in [0.29, 0.717) is 5.56 Å². The first-order valence-electron chi connectivity index (χ1n) is 6.65. The minimum atomic E-state index is -4.66. The van der Waals surface area contributed by atoms with Gasteiger partial charge in [-0.05, 0) is 47.4 Å². The average Bonchev–Trinajstić information content (AvgIpc) is 2.45. The summed E-state index contributed by atoms with van der Waals surface area (Å²) in [5.41, 5.74) is 2.26. The normalized spacial score (nSPS) is 14.9. The molecule has 2 aromatic carbocycles. The fourth-order valence-electron chi connectivity index (χ4n) is 2.71. The Hall–Kier alpha value is -1.88. The number of alkyl halides is 3. The summed E-state index contributed by atoms with van der Waals surface area (Å²) in [5.74, 6) is -1.23. The van der Waals surface area contributed by atoms with Gasteiger partial charge in [0.15, 0.2) is 0 Å². The lowest BCUT2D eigenvalue weighted by atomic mass is 9.91. The van der Waals surface area contributed by atoms with E-state index in [1.54, 1.807) is 0 Å². The first kappa shape index (κ1) is 14.1. The number of rotatable bonds is 1. The first-order chi connectivity index (χ1) is 9.97. The van der Waals surface area contributed by atoms with Crippen molar-refractivity contribution in [1.29, 1.82) is 0 Å². The van der Waals surface area contributed by atoms with Gasteiger partial charge in [0.1, 0.15) is 5.82 Å². The largest absolute Gasteiger partial charge is 0.419 e. The van der Waals surface area contributed by atoms with Gasteiger partial charge in [-0.1, -0.05) is 24.3 Å². The summed E-state index contributed by atoms with van der Waals surface area (Å²) >= 11 is 0. The van der Waals surface area contributed by atoms with Crippen molar-refractivity contribution in [3.8, 4) is 11.1 Å². The molecule has 0 bridgehead atoms. The molecule has 0 saturated carbocycles. The zero-order chi connectivity index (χ0) is 15.0. The quantitative estimate of drug-likeness (QED) is 0.779. The van der Waals surface area contributed by atoms with Crippen LogP contribution in [-0.4, -0.2) is 6.54 Å². The molecule has 0 amide bonds. The summed E-state index contributed by atoms with van der Waals surface area (Å²) in [7, 11) is 0. The minimum Gasteiger partial charge on any atom is -0.312 e. The van der Waals surface area contributed by atoms with E-state index in [-0.39, 0.29) is 0 Å². The van der Waals surface area contributed by atoms with Crippen LogP contribution in [0.1, 0.15) is 16.7 Å². The van der Waals surface area contributed by atoms with Crippen LogP contribution in [0.4, 0.5) is 17.6 Å². The van der Waals surface area contributed by atoms with E-state index in [2.05, 4.69) is 5.32 Å². The molecule has 21 heavy (non-hydrogen) atoms. The molecule has 1 aliphatic rings. The molecule has 110 valence electrons. The standard InChI is InChI=1S/C16H13F4N/c17-15-8-10(4-5-14(15)16(18,19)20)12-3-1-2-11-9-21-7-6-13(11)12/h1-5,8,21H,6-7,9H2. The predicted molar refractivity (Wildman–Crippen MR) is 72.2 cm³/mol. The number of fused-ring (bicyclic) bond motifs is 1. The molecule has 0 unspecified atom stereocenters. The molecule has 0 fully saturated rings. The lowest BCUT2D eigenvalue weighted by Crippen LogP contribution is -2.24. The summed E-state index contributed by atoms with van der Waals surface area (Å²) in [6.07, 6.45) is -3.88. The Kier molecular flexibility index (Phi) is 3.45. The Morgan fingerprint density at radius 2 is 1.86 bits per heavy atom. The Morgan fingerprint density at radius 3 is 2.57 bits per heavy atom. The van der Waals surface area contributed by atoms with Crippen molar-refractivity contribution in [2.75, 3.05) is 6.54 Å². The van der Waals surface area contributed by atoms with Crippen LogP contribution < -0.4 is 5.32 Å². The third kappa shape index (κ3) is 2.65. The highest BCUT2D eigenvalue weighted by molar-refractivity contribution is 5.69. The van der Waals surface area contributed by atoms with E-state index in [0.717, 1.165) is 48.3 Å². The monoisotopic (exact) mass is 295 g/mol. The second kappa shape index (κ2) is 5.15. The molecule has 1 N–H and O–H groups in total. The van der Waals surface area contributed by atoms with Gasteiger partial charge in [0.05, 0.1) is 5.56 Å². The second-order valence-electron chi connectivity index (χ2n) is 5.06. The molecule has 0 saturated heterocycles. The van der Waals surface area contributed by atoms with Crippen molar-refractivity contribution in [2.24, 2.45) is 0 Å². The molecular weight excluding hydrogens is 282 g/mol. The van der Waals surface area contributed by atoms with E-state index >= 15 is 0 Å². The second-order valence-corrected chi connectivity index (χ2v) is 5.06. The molecule has 0 aliphatic carbocycles. The smallest absolute Gasteiger partial charge is 0.312 e. The number of benzene rings is 2. The van der Waals surface area contributed by atoms with Crippen molar-refractivity contribution in [3.05, 3.63) is 58.9 Å². The van der Waals surface area contributed by atoms with Crippen LogP contribution in [0.25, 0.3) is 11.1 Å². The summed E-state index contributed by atoms with van der Waals surface area (Å²) in [5, 5.41) is 3.24. The number of hydrogen-bond acceptors (Lipinski definition) is 1. The van der Waals surface area contributed by atoms with Crippen LogP contribution in [0.2, 0.25) is 0 Å². The van der Waals surface area contributed by atoms with Crippen LogP contribution in [0.3, 0.4) is 0 Å². The van der Waals surface area contributed by atoms with E-state index in [4.69, 9.17) is 0 Å². The zero-order valence-corrected chi connectivity index (χ0v) is 11.1. The van der Waals surface area contributed by atoms with Gasteiger partial charge in [-0.25, -0.2) is 4.39 Å². The Balaban J connectivity index is 2.08. The Morgan fingerprint density at radius 1 is 1.05 bits per heavy atom. The number of hydrogen-bond donors (Lipinski definition) is 1. The van der Waals surface area contributed by atoms with Crippen molar-refractivity contribution >= 4 is 0 Å². The van der Waals surface area contributed by atoms with E-state index in [1.807, 2.05) is 18.2 Å². The van der Waals surface area contributed by atoms with Gasteiger partial charge in [-0.15, -0.1) is 0 Å². The average molecular weight is 295 g/mol. The molecule has 1 heterocycles. The van der Waals surface area contributed by atoms with Crippen LogP contribution >= 0.6 is 0 Å². The lowest BCUT2D eigenvalue weighted by molar-refractivity contribution is -0.139. The molecule has 0 radical (unpaired) electrons. The van der Waals surface area contributed by atoms with Gasteiger partial charge in [0.2, 0.25) is 0 Å². The van der Waals surface area contributed by atoms with Gasteiger partial charge in [-0.2, -0.15) is 13.2 Å². The number of nitrogens with one attached hydrogen (secondary N) is 1. The van der Waals surface area contributed by atoms with Crippen molar-refractivity contribution in [2.45, 2.75) is 19.1 Å². The highest BCUT2D eigenvalue weighted by atomic mass is 19.4. The fourth-order valence-corrected chi connectivity index (χ4v) is 2.71. The molecule has 0 aromatic heterocycles. The third-order valence-corrected chi connectivity index (χ3v) is 3.73. The molecule has 1 aliphatic heterocycles.